The zero-order valence-corrected chi connectivity index (χ0v) is 15.1. The van der Waals surface area contributed by atoms with Gasteiger partial charge in [0.1, 0.15) is 0 Å². The number of thiocarbonyl (C=S) groups is 1. The molecule has 0 fully saturated rings. The lowest BCUT2D eigenvalue weighted by Gasteiger charge is -2.25. The van der Waals surface area contributed by atoms with E-state index in [4.69, 9.17) is 23.8 Å². The Hall–Kier alpha value is -1.07. The minimum Gasteiger partial charge on any atom is -0.371 e. The Bertz CT molecular complexity index is 578. The van der Waals surface area contributed by atoms with Crippen LogP contribution >= 0.6 is 23.8 Å². The average Bonchev–Trinajstić information content (AvgIpc) is 2.48. The normalized spacial score (nSPS) is 12.4. The first-order valence-electron chi connectivity index (χ1n) is 7.61. The lowest BCUT2D eigenvalue weighted by Crippen LogP contribution is -2.26. The maximum absolute atomic E-state index is 13.0. The van der Waals surface area contributed by atoms with Crippen LogP contribution in [0.15, 0.2) is 23.9 Å². The number of allylic oxidation sites excluding steroid dienone is 1. The molecule has 0 aliphatic heterocycles. The standard InChI is InChI=1S/C17H21ClF3NS/c1-4-7-16(23)15(22(5-2)6-3)11-12-8-9-14(18)13(10-12)17(19,20)21/h8-11H,4-7H2,1-3H3. The molecule has 1 rings (SSSR count). The fourth-order valence-corrected chi connectivity index (χ4v) is 2.89. The summed E-state index contributed by atoms with van der Waals surface area (Å²) in [5, 5.41) is -0.296. The number of benzene rings is 1. The summed E-state index contributed by atoms with van der Waals surface area (Å²) in [5.41, 5.74) is 0.428. The predicted molar refractivity (Wildman–Crippen MR) is 94.9 cm³/mol. The molecule has 0 saturated carbocycles. The lowest BCUT2D eigenvalue weighted by molar-refractivity contribution is -0.137. The first-order chi connectivity index (χ1) is 10.7. The van der Waals surface area contributed by atoms with E-state index in [-0.39, 0.29) is 5.02 Å². The number of hydrogen-bond acceptors (Lipinski definition) is 2. The summed E-state index contributed by atoms with van der Waals surface area (Å²) in [6, 6.07) is 3.93. The van der Waals surface area contributed by atoms with Gasteiger partial charge in [-0.25, -0.2) is 0 Å². The summed E-state index contributed by atoms with van der Waals surface area (Å²) in [6.45, 7) is 7.50. The highest BCUT2D eigenvalue weighted by Crippen LogP contribution is 2.35. The van der Waals surface area contributed by atoms with Crippen molar-refractivity contribution >= 4 is 34.8 Å². The number of rotatable bonds is 7. The molecule has 0 spiro atoms. The predicted octanol–water partition coefficient (Wildman–Crippen LogP) is 6.21. The Balaban J connectivity index is 3.33. The molecule has 0 aliphatic rings. The molecule has 1 aromatic rings. The van der Waals surface area contributed by atoms with Crippen molar-refractivity contribution in [2.24, 2.45) is 0 Å². The largest absolute Gasteiger partial charge is 0.417 e. The van der Waals surface area contributed by atoms with Gasteiger partial charge < -0.3 is 4.90 Å². The molecule has 0 aliphatic carbocycles. The van der Waals surface area contributed by atoms with Gasteiger partial charge >= 0.3 is 6.18 Å². The number of alkyl halides is 3. The quantitative estimate of drug-likeness (QED) is 0.418. The minimum absolute atomic E-state index is 0.296. The van der Waals surface area contributed by atoms with Gasteiger partial charge in [0.2, 0.25) is 0 Å². The molecule has 0 aromatic heterocycles. The first-order valence-corrected chi connectivity index (χ1v) is 8.39. The van der Waals surface area contributed by atoms with Crippen molar-refractivity contribution in [3.63, 3.8) is 0 Å². The van der Waals surface area contributed by atoms with Crippen molar-refractivity contribution in [3.05, 3.63) is 40.0 Å². The second-order valence-electron chi connectivity index (χ2n) is 5.11. The molecule has 0 bridgehead atoms. The molecule has 0 heterocycles. The fraction of sp³-hybridized carbons (Fsp3) is 0.471. The molecule has 6 heteroatoms. The summed E-state index contributed by atoms with van der Waals surface area (Å²) >= 11 is 11.1. The van der Waals surface area contributed by atoms with Crippen molar-refractivity contribution < 1.29 is 13.2 Å². The molecule has 0 N–H and O–H groups in total. The Morgan fingerprint density at radius 3 is 2.30 bits per heavy atom. The lowest BCUT2D eigenvalue weighted by atomic mass is 10.1. The van der Waals surface area contributed by atoms with Gasteiger partial charge in [-0.15, -0.1) is 0 Å². The van der Waals surface area contributed by atoms with Crippen molar-refractivity contribution in [1.29, 1.82) is 0 Å². The van der Waals surface area contributed by atoms with E-state index in [0.717, 1.165) is 42.6 Å². The van der Waals surface area contributed by atoms with Crippen LogP contribution < -0.4 is 0 Å². The number of hydrogen-bond donors (Lipinski definition) is 0. The van der Waals surface area contributed by atoms with Crippen LogP contribution in [0.2, 0.25) is 5.02 Å². The van der Waals surface area contributed by atoms with Crippen LogP contribution in [0.4, 0.5) is 13.2 Å². The molecule has 1 aromatic carbocycles. The van der Waals surface area contributed by atoms with Gasteiger partial charge in [0.25, 0.3) is 0 Å². The Labute approximate surface area is 146 Å². The molecule has 0 amide bonds. The molecule has 0 saturated heterocycles. The Morgan fingerprint density at radius 1 is 1.22 bits per heavy atom. The third-order valence-electron chi connectivity index (χ3n) is 3.47. The molecule has 0 unspecified atom stereocenters. The fourth-order valence-electron chi connectivity index (χ4n) is 2.28. The van der Waals surface area contributed by atoms with Gasteiger partial charge in [-0.1, -0.05) is 43.2 Å². The maximum atomic E-state index is 13.0. The van der Waals surface area contributed by atoms with Crippen LogP contribution in [0.1, 0.15) is 44.7 Å². The smallest absolute Gasteiger partial charge is 0.371 e. The van der Waals surface area contributed by atoms with Crippen molar-refractivity contribution in [2.45, 2.75) is 39.8 Å². The third-order valence-corrected chi connectivity index (χ3v) is 4.21. The van der Waals surface area contributed by atoms with Crippen LogP contribution in [0.3, 0.4) is 0 Å². The zero-order chi connectivity index (χ0) is 17.6. The van der Waals surface area contributed by atoms with Crippen LogP contribution in [-0.2, 0) is 6.18 Å². The van der Waals surface area contributed by atoms with E-state index in [0.29, 0.717) is 5.56 Å². The van der Waals surface area contributed by atoms with E-state index in [1.54, 1.807) is 12.1 Å². The van der Waals surface area contributed by atoms with E-state index < -0.39 is 11.7 Å². The van der Waals surface area contributed by atoms with Gasteiger partial charge in [-0.3, -0.25) is 0 Å². The van der Waals surface area contributed by atoms with Crippen LogP contribution in [0.5, 0.6) is 0 Å². The summed E-state index contributed by atoms with van der Waals surface area (Å²) in [4.78, 5) is 2.82. The van der Waals surface area contributed by atoms with Crippen LogP contribution in [-0.4, -0.2) is 22.9 Å². The minimum atomic E-state index is -4.47. The molecule has 23 heavy (non-hydrogen) atoms. The van der Waals surface area contributed by atoms with Gasteiger partial charge in [0.05, 0.1) is 16.3 Å². The molecule has 0 atom stereocenters. The van der Waals surface area contributed by atoms with Crippen molar-refractivity contribution in [2.75, 3.05) is 13.1 Å². The Kier molecular flexibility index (Phi) is 7.55. The first kappa shape index (κ1) is 20.0. The highest BCUT2D eigenvalue weighted by molar-refractivity contribution is 7.80. The molecule has 128 valence electrons. The van der Waals surface area contributed by atoms with E-state index in [9.17, 15) is 13.2 Å². The molecular weight excluding hydrogens is 343 g/mol. The third kappa shape index (κ3) is 5.50. The van der Waals surface area contributed by atoms with Crippen molar-refractivity contribution in [1.82, 2.24) is 4.90 Å². The van der Waals surface area contributed by atoms with Crippen molar-refractivity contribution in [3.8, 4) is 0 Å². The summed E-state index contributed by atoms with van der Waals surface area (Å²) < 4.78 is 39.0. The maximum Gasteiger partial charge on any atom is 0.417 e. The summed E-state index contributed by atoms with van der Waals surface area (Å²) in [6.07, 6.45) is -1.12. The monoisotopic (exact) mass is 363 g/mol. The topological polar surface area (TPSA) is 3.24 Å². The molecule has 1 nitrogen and oxygen atoms in total. The van der Waals surface area contributed by atoms with E-state index in [1.807, 2.05) is 20.8 Å². The highest BCUT2D eigenvalue weighted by atomic mass is 35.5. The number of nitrogens with zero attached hydrogens (tertiary/aromatic N) is 1. The van der Waals surface area contributed by atoms with E-state index in [2.05, 4.69) is 4.90 Å². The van der Waals surface area contributed by atoms with Gasteiger partial charge in [0, 0.05) is 18.0 Å². The van der Waals surface area contributed by atoms with Gasteiger partial charge in [-0.05, 0) is 44.0 Å². The van der Waals surface area contributed by atoms with Crippen LogP contribution in [0, 0.1) is 0 Å². The Morgan fingerprint density at radius 2 is 1.83 bits per heavy atom. The molecule has 0 radical (unpaired) electrons. The molecular formula is C17H21ClF3NS. The second-order valence-corrected chi connectivity index (χ2v) is 6.01. The summed E-state index contributed by atoms with van der Waals surface area (Å²) in [7, 11) is 0. The SMILES string of the molecule is CCCC(=S)C(=Cc1ccc(Cl)c(C(F)(F)F)c1)N(CC)CC. The number of halogens is 4. The highest BCUT2D eigenvalue weighted by Gasteiger charge is 2.33. The second kappa shape index (κ2) is 8.69. The van der Waals surface area contributed by atoms with Crippen LogP contribution in [0.25, 0.3) is 6.08 Å². The van der Waals surface area contributed by atoms with Gasteiger partial charge in [-0.2, -0.15) is 13.2 Å². The summed E-state index contributed by atoms with van der Waals surface area (Å²) in [5.74, 6) is 0. The van der Waals surface area contributed by atoms with Gasteiger partial charge in [0.15, 0.2) is 0 Å². The zero-order valence-electron chi connectivity index (χ0n) is 13.5. The average molecular weight is 364 g/mol. The van der Waals surface area contributed by atoms with E-state index >= 15 is 0 Å². The van der Waals surface area contributed by atoms with E-state index in [1.165, 1.54) is 6.07 Å².